The van der Waals surface area contributed by atoms with Crippen molar-refractivity contribution in [2.45, 2.75) is 32.2 Å². The number of hydrogen-bond donors (Lipinski definition) is 1. The molecule has 1 aromatic carbocycles. The molecule has 0 spiro atoms. The zero-order chi connectivity index (χ0) is 13.9. The van der Waals surface area contributed by atoms with Gasteiger partial charge in [0.15, 0.2) is 0 Å². The lowest BCUT2D eigenvalue weighted by atomic mass is 9.96. The molecule has 0 aliphatic heterocycles. The number of anilines is 1. The first-order valence-corrected chi connectivity index (χ1v) is 7.62. The highest BCUT2D eigenvalue weighted by molar-refractivity contribution is 7.16. The van der Waals surface area contributed by atoms with Gasteiger partial charge in [-0.3, -0.25) is 0 Å². The van der Waals surface area contributed by atoms with Gasteiger partial charge < -0.3 is 5.32 Å². The van der Waals surface area contributed by atoms with Crippen molar-refractivity contribution in [1.82, 2.24) is 0 Å². The van der Waals surface area contributed by atoms with Crippen molar-refractivity contribution in [1.29, 1.82) is 5.26 Å². The minimum atomic E-state index is -0.224. The average Bonchev–Trinajstić information content (AvgIpc) is 2.84. The van der Waals surface area contributed by atoms with Crippen molar-refractivity contribution in [2.24, 2.45) is 0 Å². The van der Waals surface area contributed by atoms with Gasteiger partial charge in [0.25, 0.3) is 0 Å². The number of benzene rings is 1. The third-order valence-corrected chi connectivity index (χ3v) is 4.90. The summed E-state index contributed by atoms with van der Waals surface area (Å²) >= 11 is 1.70. The first-order chi connectivity index (χ1) is 9.78. The van der Waals surface area contributed by atoms with Crippen molar-refractivity contribution >= 4 is 16.3 Å². The van der Waals surface area contributed by atoms with E-state index in [-0.39, 0.29) is 5.82 Å². The highest BCUT2D eigenvalue weighted by Gasteiger charge is 2.20. The molecular weight excluding hydrogens is 271 g/mol. The van der Waals surface area contributed by atoms with Gasteiger partial charge in [0.2, 0.25) is 0 Å². The van der Waals surface area contributed by atoms with Crippen LogP contribution in [0.5, 0.6) is 0 Å². The number of nitriles is 1. The number of fused-ring (bicyclic) bond motifs is 1. The first-order valence-electron chi connectivity index (χ1n) is 6.81. The van der Waals surface area contributed by atoms with Gasteiger partial charge in [-0.25, -0.2) is 4.39 Å². The van der Waals surface area contributed by atoms with Gasteiger partial charge in [-0.05, 0) is 48.9 Å². The van der Waals surface area contributed by atoms with E-state index in [4.69, 9.17) is 0 Å². The Morgan fingerprint density at radius 1 is 1.20 bits per heavy atom. The van der Waals surface area contributed by atoms with Gasteiger partial charge in [0.05, 0.1) is 5.56 Å². The van der Waals surface area contributed by atoms with E-state index in [1.807, 2.05) is 0 Å². The molecule has 1 aliphatic rings. The second kappa shape index (κ2) is 5.64. The predicted molar refractivity (Wildman–Crippen MR) is 79.4 cm³/mol. The minimum absolute atomic E-state index is 0.224. The van der Waals surface area contributed by atoms with Crippen LogP contribution in [0, 0.1) is 17.1 Å². The van der Waals surface area contributed by atoms with Crippen LogP contribution in [0.4, 0.5) is 9.39 Å². The maximum absolute atomic E-state index is 12.9. The Bertz CT molecular complexity index is 652. The molecule has 1 N–H and O–H groups in total. The third kappa shape index (κ3) is 2.54. The first kappa shape index (κ1) is 13.1. The fourth-order valence-corrected chi connectivity index (χ4v) is 3.83. The molecule has 0 unspecified atom stereocenters. The van der Waals surface area contributed by atoms with Crippen molar-refractivity contribution in [3.63, 3.8) is 0 Å². The SMILES string of the molecule is N#Cc1c(NCc2ccc(F)cc2)sc2c1CCCC2. The highest BCUT2D eigenvalue weighted by atomic mass is 32.1. The summed E-state index contributed by atoms with van der Waals surface area (Å²) in [6, 6.07) is 8.79. The molecule has 0 saturated carbocycles. The van der Waals surface area contributed by atoms with Gasteiger partial charge in [-0.1, -0.05) is 12.1 Å². The van der Waals surface area contributed by atoms with Crippen LogP contribution in [0.15, 0.2) is 24.3 Å². The van der Waals surface area contributed by atoms with Crippen LogP contribution in [0.1, 0.15) is 34.4 Å². The fraction of sp³-hybridized carbons (Fsp3) is 0.312. The largest absolute Gasteiger partial charge is 0.372 e. The van der Waals surface area contributed by atoms with Gasteiger partial charge in [0, 0.05) is 11.4 Å². The van der Waals surface area contributed by atoms with E-state index in [1.165, 1.54) is 35.4 Å². The molecule has 0 fully saturated rings. The predicted octanol–water partition coefficient (Wildman–Crippen LogP) is 4.25. The normalized spacial score (nSPS) is 13.6. The van der Waals surface area contributed by atoms with Gasteiger partial charge >= 0.3 is 0 Å². The number of aryl methyl sites for hydroxylation is 1. The van der Waals surface area contributed by atoms with E-state index in [0.29, 0.717) is 6.54 Å². The van der Waals surface area contributed by atoms with E-state index in [1.54, 1.807) is 23.5 Å². The van der Waals surface area contributed by atoms with Crippen molar-refractivity contribution in [2.75, 3.05) is 5.32 Å². The topological polar surface area (TPSA) is 35.8 Å². The van der Waals surface area contributed by atoms with Crippen LogP contribution in [0.25, 0.3) is 0 Å². The van der Waals surface area contributed by atoms with E-state index >= 15 is 0 Å². The van der Waals surface area contributed by atoms with Crippen molar-refractivity contribution < 1.29 is 4.39 Å². The summed E-state index contributed by atoms with van der Waals surface area (Å²) in [4.78, 5) is 1.36. The molecule has 0 saturated heterocycles. The Morgan fingerprint density at radius 3 is 2.70 bits per heavy atom. The van der Waals surface area contributed by atoms with Gasteiger partial charge in [-0.15, -0.1) is 11.3 Å². The van der Waals surface area contributed by atoms with E-state index < -0.39 is 0 Å². The van der Waals surface area contributed by atoms with Gasteiger partial charge in [-0.2, -0.15) is 5.26 Å². The molecule has 1 aromatic heterocycles. The Balaban J connectivity index is 1.79. The summed E-state index contributed by atoms with van der Waals surface area (Å²) in [5.74, 6) is -0.224. The zero-order valence-corrected chi connectivity index (χ0v) is 11.9. The molecule has 102 valence electrons. The van der Waals surface area contributed by atoms with E-state index in [0.717, 1.165) is 29.0 Å². The van der Waals surface area contributed by atoms with Crippen LogP contribution in [0.3, 0.4) is 0 Å². The second-order valence-corrected chi connectivity index (χ2v) is 6.11. The Labute approximate surface area is 121 Å². The van der Waals surface area contributed by atoms with Crippen LogP contribution >= 0.6 is 11.3 Å². The molecule has 0 atom stereocenters. The molecule has 4 heteroatoms. The lowest BCUT2D eigenvalue weighted by Crippen LogP contribution is -2.01. The lowest BCUT2D eigenvalue weighted by molar-refractivity contribution is 0.627. The summed E-state index contributed by atoms with van der Waals surface area (Å²) in [5.41, 5.74) is 3.07. The molecule has 0 bridgehead atoms. The number of rotatable bonds is 3. The van der Waals surface area contributed by atoms with E-state index in [2.05, 4.69) is 11.4 Å². The third-order valence-electron chi connectivity index (χ3n) is 3.65. The summed E-state index contributed by atoms with van der Waals surface area (Å²) in [6.07, 6.45) is 4.51. The molecule has 0 amide bonds. The lowest BCUT2D eigenvalue weighted by Gasteiger charge is -2.09. The summed E-state index contributed by atoms with van der Waals surface area (Å²) in [6.45, 7) is 0.619. The van der Waals surface area contributed by atoms with Crippen LogP contribution in [-0.4, -0.2) is 0 Å². The number of nitrogens with one attached hydrogen (secondary N) is 1. The smallest absolute Gasteiger partial charge is 0.123 e. The number of thiophene rings is 1. The molecule has 2 nitrogen and oxygen atoms in total. The van der Waals surface area contributed by atoms with Crippen molar-refractivity contribution in [3.8, 4) is 6.07 Å². The van der Waals surface area contributed by atoms with E-state index in [9.17, 15) is 9.65 Å². The molecule has 2 aromatic rings. The maximum atomic E-state index is 12.9. The number of nitrogens with zero attached hydrogens (tertiary/aromatic N) is 1. The summed E-state index contributed by atoms with van der Waals surface area (Å²) in [5, 5.41) is 13.7. The molecule has 3 rings (SSSR count). The minimum Gasteiger partial charge on any atom is -0.372 e. The molecule has 1 aliphatic carbocycles. The Hall–Kier alpha value is -1.86. The van der Waals surface area contributed by atoms with Crippen LogP contribution in [-0.2, 0) is 19.4 Å². The average molecular weight is 286 g/mol. The standard InChI is InChI=1S/C16H15FN2S/c17-12-7-5-11(6-8-12)10-19-16-14(9-18)13-3-1-2-4-15(13)20-16/h5-8,19H,1-4,10H2. The maximum Gasteiger partial charge on any atom is 0.123 e. The Morgan fingerprint density at radius 2 is 1.95 bits per heavy atom. The summed E-state index contributed by atoms with van der Waals surface area (Å²) in [7, 11) is 0. The molecule has 1 heterocycles. The zero-order valence-electron chi connectivity index (χ0n) is 11.1. The van der Waals surface area contributed by atoms with Crippen LogP contribution < -0.4 is 5.32 Å². The summed E-state index contributed by atoms with van der Waals surface area (Å²) < 4.78 is 12.9. The quantitative estimate of drug-likeness (QED) is 0.915. The van der Waals surface area contributed by atoms with Crippen LogP contribution in [0.2, 0.25) is 0 Å². The fourth-order valence-electron chi connectivity index (χ4n) is 2.59. The molecular formula is C16H15FN2S. The monoisotopic (exact) mass is 286 g/mol. The molecule has 20 heavy (non-hydrogen) atoms. The number of halogens is 1. The highest BCUT2D eigenvalue weighted by Crippen LogP contribution is 2.37. The molecule has 0 radical (unpaired) electrons. The van der Waals surface area contributed by atoms with Gasteiger partial charge in [0.1, 0.15) is 16.9 Å². The van der Waals surface area contributed by atoms with Crippen molar-refractivity contribution in [3.05, 3.63) is 51.7 Å². The second-order valence-electron chi connectivity index (χ2n) is 5.01. The number of hydrogen-bond acceptors (Lipinski definition) is 3. The Kier molecular flexibility index (Phi) is 3.70.